The number of nitrogens with zero attached hydrogens (tertiary/aromatic N) is 2. The first-order valence-corrected chi connectivity index (χ1v) is 8.41. The van der Waals surface area contributed by atoms with Crippen LogP contribution in [0, 0.1) is 5.41 Å². The summed E-state index contributed by atoms with van der Waals surface area (Å²) in [7, 11) is 0. The SMILES string of the molecule is C[C@H](NC(=O)CCn1nc(C(F)(F)F)c(Cl)c1C1CC1)C(C)(C)C. The van der Waals surface area contributed by atoms with Crippen LogP contribution in [0.2, 0.25) is 5.02 Å². The van der Waals surface area contributed by atoms with Crippen molar-refractivity contribution in [3.63, 3.8) is 0 Å². The first-order valence-electron chi connectivity index (χ1n) is 8.04. The Labute approximate surface area is 144 Å². The lowest BCUT2D eigenvalue weighted by molar-refractivity contribution is -0.141. The minimum absolute atomic E-state index is 0.0117. The highest BCUT2D eigenvalue weighted by Gasteiger charge is 2.42. The number of nitrogens with one attached hydrogen (secondary N) is 1. The van der Waals surface area contributed by atoms with E-state index >= 15 is 0 Å². The van der Waals surface area contributed by atoms with E-state index in [2.05, 4.69) is 10.4 Å². The van der Waals surface area contributed by atoms with E-state index in [1.165, 1.54) is 4.68 Å². The van der Waals surface area contributed by atoms with Crippen LogP contribution < -0.4 is 5.32 Å². The number of halogens is 4. The molecule has 1 aliphatic carbocycles. The summed E-state index contributed by atoms with van der Waals surface area (Å²) >= 11 is 5.90. The van der Waals surface area contributed by atoms with E-state index in [9.17, 15) is 18.0 Å². The molecule has 1 aromatic heterocycles. The van der Waals surface area contributed by atoms with E-state index in [4.69, 9.17) is 11.6 Å². The van der Waals surface area contributed by atoms with Crippen molar-refractivity contribution in [3.05, 3.63) is 16.4 Å². The zero-order valence-electron chi connectivity index (χ0n) is 14.3. The largest absolute Gasteiger partial charge is 0.436 e. The van der Waals surface area contributed by atoms with Crippen LogP contribution in [0.5, 0.6) is 0 Å². The molecule has 0 unspecified atom stereocenters. The molecule has 2 rings (SSSR count). The molecule has 1 N–H and O–H groups in total. The summed E-state index contributed by atoms with van der Waals surface area (Å²) < 4.78 is 40.2. The minimum Gasteiger partial charge on any atom is -0.353 e. The standard InChI is InChI=1S/C16H23ClF3N3O/c1-9(15(2,3)4)21-11(24)7-8-23-13(10-5-6-10)12(17)14(22-23)16(18,19)20/h9-10H,5-8H2,1-4H3,(H,21,24)/t9-/m0/s1. The summed E-state index contributed by atoms with van der Waals surface area (Å²) in [6.07, 6.45) is -2.92. The second-order valence-corrected chi connectivity index (χ2v) is 7.83. The average molecular weight is 366 g/mol. The van der Waals surface area contributed by atoms with Gasteiger partial charge in [-0.05, 0) is 25.2 Å². The molecule has 4 nitrogen and oxygen atoms in total. The van der Waals surface area contributed by atoms with Crippen molar-refractivity contribution in [2.45, 2.75) is 71.6 Å². The molecule has 1 fully saturated rings. The molecule has 1 aromatic rings. The van der Waals surface area contributed by atoms with Crippen LogP contribution in [0.1, 0.15) is 64.3 Å². The van der Waals surface area contributed by atoms with E-state index in [0.717, 1.165) is 12.8 Å². The van der Waals surface area contributed by atoms with Crippen molar-refractivity contribution in [2.24, 2.45) is 5.41 Å². The molecule has 1 heterocycles. The molecule has 1 aliphatic rings. The van der Waals surface area contributed by atoms with Gasteiger partial charge in [0.05, 0.1) is 17.3 Å². The molecular formula is C16H23ClF3N3O. The van der Waals surface area contributed by atoms with Crippen LogP contribution in [0.25, 0.3) is 0 Å². The highest BCUT2D eigenvalue weighted by atomic mass is 35.5. The Morgan fingerprint density at radius 2 is 1.96 bits per heavy atom. The van der Waals surface area contributed by atoms with Crippen LogP contribution in [0.15, 0.2) is 0 Å². The van der Waals surface area contributed by atoms with E-state index in [0.29, 0.717) is 5.69 Å². The molecule has 0 spiro atoms. The van der Waals surface area contributed by atoms with Gasteiger partial charge in [0.2, 0.25) is 5.91 Å². The monoisotopic (exact) mass is 365 g/mol. The summed E-state index contributed by atoms with van der Waals surface area (Å²) in [5, 5.41) is 6.17. The first kappa shape index (κ1) is 19.1. The van der Waals surface area contributed by atoms with Crippen molar-refractivity contribution in [2.75, 3.05) is 0 Å². The quantitative estimate of drug-likeness (QED) is 0.842. The van der Waals surface area contributed by atoms with Gasteiger partial charge in [-0.1, -0.05) is 32.4 Å². The highest BCUT2D eigenvalue weighted by molar-refractivity contribution is 6.32. The van der Waals surface area contributed by atoms with Gasteiger partial charge < -0.3 is 5.32 Å². The Kier molecular flexibility index (Phi) is 5.23. The van der Waals surface area contributed by atoms with Crippen LogP contribution in [0.3, 0.4) is 0 Å². The minimum atomic E-state index is -4.59. The first-order chi connectivity index (χ1) is 10.9. The van der Waals surface area contributed by atoms with Crippen LogP contribution in [-0.4, -0.2) is 21.7 Å². The van der Waals surface area contributed by atoms with Gasteiger partial charge in [-0.15, -0.1) is 0 Å². The van der Waals surface area contributed by atoms with Crippen molar-refractivity contribution >= 4 is 17.5 Å². The molecular weight excluding hydrogens is 343 g/mol. The van der Waals surface area contributed by atoms with E-state index in [1.54, 1.807) is 0 Å². The number of aryl methyl sites for hydroxylation is 1. The van der Waals surface area contributed by atoms with Gasteiger partial charge in [-0.3, -0.25) is 9.48 Å². The molecule has 1 amide bonds. The molecule has 0 aromatic carbocycles. The highest BCUT2D eigenvalue weighted by Crippen LogP contribution is 2.46. The maximum atomic E-state index is 13.0. The fraction of sp³-hybridized carbons (Fsp3) is 0.750. The lowest BCUT2D eigenvalue weighted by Crippen LogP contribution is -2.41. The lowest BCUT2D eigenvalue weighted by Gasteiger charge is -2.28. The topological polar surface area (TPSA) is 46.9 Å². The normalized spacial score (nSPS) is 17.0. The van der Waals surface area contributed by atoms with Gasteiger partial charge in [0.1, 0.15) is 0 Å². The second kappa shape index (κ2) is 6.58. The number of amides is 1. The number of carbonyl (C=O) groups is 1. The van der Waals surface area contributed by atoms with Crippen molar-refractivity contribution in [3.8, 4) is 0 Å². The van der Waals surface area contributed by atoms with Gasteiger partial charge in [0.15, 0.2) is 5.69 Å². The Hall–Kier alpha value is -1.24. The van der Waals surface area contributed by atoms with Crippen molar-refractivity contribution in [1.29, 1.82) is 0 Å². The lowest BCUT2D eigenvalue weighted by atomic mass is 9.88. The van der Waals surface area contributed by atoms with Crippen LogP contribution >= 0.6 is 11.6 Å². The van der Waals surface area contributed by atoms with Crippen molar-refractivity contribution in [1.82, 2.24) is 15.1 Å². The van der Waals surface area contributed by atoms with E-state index in [1.807, 2.05) is 27.7 Å². The number of rotatable bonds is 5. The third kappa shape index (κ3) is 4.43. The van der Waals surface area contributed by atoms with Gasteiger partial charge in [0.25, 0.3) is 0 Å². The maximum Gasteiger partial charge on any atom is 0.436 e. The number of carbonyl (C=O) groups excluding carboxylic acids is 1. The summed E-state index contributed by atoms with van der Waals surface area (Å²) in [6.45, 7) is 8.01. The Morgan fingerprint density at radius 3 is 2.42 bits per heavy atom. The Balaban J connectivity index is 2.08. The molecule has 24 heavy (non-hydrogen) atoms. The summed E-state index contributed by atoms with van der Waals surface area (Å²) in [4.78, 5) is 12.1. The van der Waals surface area contributed by atoms with Crippen molar-refractivity contribution < 1.29 is 18.0 Å². The number of hydrogen-bond donors (Lipinski definition) is 1. The fourth-order valence-corrected chi connectivity index (χ4v) is 2.69. The number of alkyl halides is 3. The molecule has 136 valence electrons. The zero-order valence-corrected chi connectivity index (χ0v) is 15.1. The summed E-state index contributed by atoms with van der Waals surface area (Å²) in [6, 6.07) is -0.0418. The van der Waals surface area contributed by atoms with Gasteiger partial charge in [-0.25, -0.2) is 0 Å². The van der Waals surface area contributed by atoms with Gasteiger partial charge in [-0.2, -0.15) is 18.3 Å². The molecule has 0 aliphatic heterocycles. The molecule has 1 atom stereocenters. The third-order valence-electron chi connectivity index (χ3n) is 4.39. The van der Waals surface area contributed by atoms with E-state index < -0.39 is 11.9 Å². The number of aromatic nitrogens is 2. The predicted octanol–water partition coefficient (Wildman–Crippen LogP) is 4.37. The zero-order chi connectivity index (χ0) is 18.3. The predicted molar refractivity (Wildman–Crippen MR) is 85.9 cm³/mol. The molecule has 8 heteroatoms. The third-order valence-corrected chi connectivity index (χ3v) is 4.76. The molecule has 0 saturated heterocycles. The van der Waals surface area contributed by atoms with Gasteiger partial charge >= 0.3 is 6.18 Å². The second-order valence-electron chi connectivity index (χ2n) is 7.45. The average Bonchev–Trinajstić information content (AvgIpc) is 3.18. The molecule has 0 bridgehead atoms. The summed E-state index contributed by atoms with van der Waals surface area (Å²) in [5.41, 5.74) is -0.747. The van der Waals surface area contributed by atoms with Gasteiger partial charge in [0, 0.05) is 18.4 Å². The fourth-order valence-electron chi connectivity index (χ4n) is 2.29. The molecule has 1 saturated carbocycles. The summed E-state index contributed by atoms with van der Waals surface area (Å²) in [5.74, 6) is -0.197. The Bertz CT molecular complexity index is 615. The molecule has 0 radical (unpaired) electrons. The van der Waals surface area contributed by atoms with Crippen LogP contribution in [0.4, 0.5) is 13.2 Å². The Morgan fingerprint density at radius 1 is 1.38 bits per heavy atom. The van der Waals surface area contributed by atoms with E-state index in [-0.39, 0.29) is 41.3 Å². The maximum absolute atomic E-state index is 13.0. The smallest absolute Gasteiger partial charge is 0.353 e. The van der Waals surface area contributed by atoms with Crippen LogP contribution in [-0.2, 0) is 17.5 Å². The number of hydrogen-bond acceptors (Lipinski definition) is 2.